The highest BCUT2D eigenvalue weighted by molar-refractivity contribution is 7.90. The van der Waals surface area contributed by atoms with Gasteiger partial charge in [0.2, 0.25) is 0 Å². The quantitative estimate of drug-likeness (QED) is 0.664. The number of allylic oxidation sites excluding steroid dienone is 2. The number of fused-ring (bicyclic) bond motifs is 2. The number of pyridine rings is 1. The molecular weight excluding hydrogens is 378 g/mol. The van der Waals surface area contributed by atoms with Crippen LogP contribution in [0.4, 0.5) is 5.69 Å². The SMILES string of the molecule is C/C=C/Cn1c(=O)c(C2=NS(=O)(=O)c3ccccc3N2)c(O)c2ccccc21. The zero-order valence-corrected chi connectivity index (χ0v) is 15.8. The first kappa shape index (κ1) is 18.0. The first-order chi connectivity index (χ1) is 13.4. The Morgan fingerprint density at radius 2 is 1.86 bits per heavy atom. The van der Waals surface area contributed by atoms with Crippen molar-refractivity contribution in [2.24, 2.45) is 4.40 Å². The molecular formula is C20H17N3O4S. The maximum atomic E-state index is 13.2. The fraction of sp³-hybridized carbons (Fsp3) is 0.100. The van der Waals surface area contributed by atoms with Gasteiger partial charge in [-0.3, -0.25) is 4.79 Å². The zero-order chi connectivity index (χ0) is 19.9. The van der Waals surface area contributed by atoms with Crippen molar-refractivity contribution in [2.75, 3.05) is 5.32 Å². The Morgan fingerprint density at radius 3 is 2.64 bits per heavy atom. The first-order valence-corrected chi connectivity index (χ1v) is 10.0. The molecule has 2 aromatic carbocycles. The van der Waals surface area contributed by atoms with Crippen LogP contribution in [-0.2, 0) is 16.6 Å². The maximum Gasteiger partial charge on any atom is 0.286 e. The first-order valence-electron chi connectivity index (χ1n) is 8.61. The van der Waals surface area contributed by atoms with Crippen LogP contribution in [0.15, 0.2) is 74.8 Å². The Kier molecular flexibility index (Phi) is 4.27. The van der Waals surface area contributed by atoms with Crippen molar-refractivity contribution in [1.82, 2.24) is 4.57 Å². The Labute approximate surface area is 161 Å². The second-order valence-corrected chi connectivity index (χ2v) is 7.83. The Hall–Kier alpha value is -3.39. The minimum absolute atomic E-state index is 0.0215. The second kappa shape index (κ2) is 6.65. The van der Waals surface area contributed by atoms with Crippen molar-refractivity contribution >= 4 is 32.4 Å². The van der Waals surface area contributed by atoms with Gasteiger partial charge in [-0.05, 0) is 31.2 Å². The average Bonchev–Trinajstić information content (AvgIpc) is 2.68. The Bertz CT molecular complexity index is 1320. The summed E-state index contributed by atoms with van der Waals surface area (Å²) in [7, 11) is -4.00. The molecule has 0 radical (unpaired) electrons. The lowest BCUT2D eigenvalue weighted by Crippen LogP contribution is -2.32. The lowest BCUT2D eigenvalue weighted by atomic mass is 10.1. The highest BCUT2D eigenvalue weighted by Crippen LogP contribution is 2.32. The van der Waals surface area contributed by atoms with Crippen LogP contribution in [-0.4, -0.2) is 23.9 Å². The number of nitrogens with one attached hydrogen (secondary N) is 1. The fourth-order valence-corrected chi connectivity index (χ4v) is 4.34. The standard InChI is InChI=1S/C20H17N3O4S/c1-2-3-12-23-15-10-6-4-8-13(15)18(24)17(20(23)25)19-21-14-9-5-7-11-16(14)28(26,27)22-19/h2-11,24H,12H2,1H3,(H,21,22)/b3-2+. The van der Waals surface area contributed by atoms with Crippen LogP contribution in [0, 0.1) is 0 Å². The van der Waals surface area contributed by atoms with Gasteiger partial charge < -0.3 is 15.0 Å². The predicted octanol–water partition coefficient (Wildman–Crippen LogP) is 2.84. The summed E-state index contributed by atoms with van der Waals surface area (Å²) in [4.78, 5) is 13.2. The molecule has 0 unspecified atom stereocenters. The van der Waals surface area contributed by atoms with Crippen molar-refractivity contribution in [2.45, 2.75) is 18.4 Å². The third kappa shape index (κ3) is 2.78. The van der Waals surface area contributed by atoms with E-state index in [-0.39, 0.29) is 28.6 Å². The molecule has 142 valence electrons. The molecule has 0 fully saturated rings. The minimum atomic E-state index is -4.00. The summed E-state index contributed by atoms with van der Waals surface area (Å²) in [5, 5.41) is 14.1. The second-order valence-electron chi connectivity index (χ2n) is 6.26. The molecule has 2 heterocycles. The van der Waals surface area contributed by atoms with E-state index in [2.05, 4.69) is 9.71 Å². The molecule has 28 heavy (non-hydrogen) atoms. The molecule has 4 rings (SSSR count). The highest BCUT2D eigenvalue weighted by atomic mass is 32.2. The molecule has 2 N–H and O–H groups in total. The van der Waals surface area contributed by atoms with E-state index >= 15 is 0 Å². The van der Waals surface area contributed by atoms with Gasteiger partial charge in [-0.1, -0.05) is 36.4 Å². The summed E-state index contributed by atoms with van der Waals surface area (Å²) in [6, 6.07) is 13.2. The minimum Gasteiger partial charge on any atom is -0.506 e. The summed E-state index contributed by atoms with van der Waals surface area (Å²) >= 11 is 0. The molecule has 1 aromatic heterocycles. The van der Waals surface area contributed by atoms with E-state index in [1.54, 1.807) is 48.5 Å². The third-order valence-corrected chi connectivity index (χ3v) is 5.87. The number of nitrogens with zero attached hydrogens (tertiary/aromatic N) is 2. The van der Waals surface area contributed by atoms with Gasteiger partial charge in [0.1, 0.15) is 16.2 Å². The maximum absolute atomic E-state index is 13.2. The topological polar surface area (TPSA) is 101 Å². The summed E-state index contributed by atoms with van der Waals surface area (Å²) in [5.74, 6) is -0.501. The predicted molar refractivity (Wildman–Crippen MR) is 108 cm³/mol. The van der Waals surface area contributed by atoms with Gasteiger partial charge in [-0.15, -0.1) is 4.40 Å². The van der Waals surface area contributed by atoms with E-state index in [9.17, 15) is 18.3 Å². The van der Waals surface area contributed by atoms with E-state index in [1.165, 1.54) is 10.6 Å². The smallest absolute Gasteiger partial charge is 0.286 e. The van der Waals surface area contributed by atoms with Crippen LogP contribution >= 0.6 is 0 Å². The van der Waals surface area contributed by atoms with Gasteiger partial charge in [0.25, 0.3) is 15.6 Å². The summed E-state index contributed by atoms with van der Waals surface area (Å²) in [6.07, 6.45) is 3.61. The van der Waals surface area contributed by atoms with Gasteiger partial charge in [-0.2, -0.15) is 8.42 Å². The number of para-hydroxylation sites is 2. The lowest BCUT2D eigenvalue weighted by molar-refractivity contribution is 0.478. The molecule has 0 bridgehead atoms. The van der Waals surface area contributed by atoms with Gasteiger partial charge in [0, 0.05) is 11.9 Å². The van der Waals surface area contributed by atoms with Crippen molar-refractivity contribution < 1.29 is 13.5 Å². The number of rotatable bonds is 3. The normalized spacial score (nSPS) is 15.2. The zero-order valence-electron chi connectivity index (χ0n) is 15.0. The molecule has 0 saturated carbocycles. The number of amidine groups is 1. The van der Waals surface area contributed by atoms with Gasteiger partial charge >= 0.3 is 0 Å². The summed E-state index contributed by atoms with van der Waals surface area (Å²) in [6.45, 7) is 2.12. The molecule has 0 atom stereocenters. The largest absolute Gasteiger partial charge is 0.506 e. The fourth-order valence-electron chi connectivity index (χ4n) is 3.22. The van der Waals surface area contributed by atoms with Crippen molar-refractivity contribution in [3.8, 4) is 5.75 Å². The van der Waals surface area contributed by atoms with Crippen LogP contribution < -0.4 is 10.9 Å². The van der Waals surface area contributed by atoms with Crippen LogP contribution in [0.2, 0.25) is 0 Å². The average molecular weight is 395 g/mol. The Balaban J connectivity index is 2.03. The van der Waals surface area contributed by atoms with Crippen LogP contribution in [0.1, 0.15) is 12.5 Å². The number of sulfonamides is 1. The molecule has 0 amide bonds. The van der Waals surface area contributed by atoms with E-state index in [0.29, 0.717) is 16.6 Å². The van der Waals surface area contributed by atoms with Gasteiger partial charge in [0.05, 0.1) is 11.2 Å². The molecule has 0 saturated heterocycles. The lowest BCUT2D eigenvalue weighted by Gasteiger charge is -2.20. The number of anilines is 1. The molecule has 0 aliphatic carbocycles. The number of aromatic hydroxyl groups is 1. The number of hydrogen-bond donors (Lipinski definition) is 2. The van der Waals surface area contributed by atoms with Gasteiger partial charge in [0.15, 0.2) is 5.84 Å². The van der Waals surface area contributed by atoms with Crippen LogP contribution in [0.3, 0.4) is 0 Å². The molecule has 0 spiro atoms. The Morgan fingerprint density at radius 1 is 1.14 bits per heavy atom. The molecule has 3 aromatic rings. The van der Waals surface area contributed by atoms with E-state index in [0.717, 1.165) is 0 Å². The van der Waals surface area contributed by atoms with Crippen LogP contribution in [0.5, 0.6) is 5.75 Å². The molecule has 7 nitrogen and oxygen atoms in total. The van der Waals surface area contributed by atoms with Gasteiger partial charge in [-0.25, -0.2) is 0 Å². The number of aromatic nitrogens is 1. The molecule has 1 aliphatic heterocycles. The molecule has 8 heteroatoms. The van der Waals surface area contributed by atoms with Crippen molar-refractivity contribution in [3.63, 3.8) is 0 Å². The number of benzene rings is 2. The van der Waals surface area contributed by atoms with Crippen LogP contribution in [0.25, 0.3) is 10.9 Å². The molecule has 1 aliphatic rings. The van der Waals surface area contributed by atoms with Crippen molar-refractivity contribution in [1.29, 1.82) is 0 Å². The summed E-state index contributed by atoms with van der Waals surface area (Å²) in [5.41, 5.74) is 0.141. The number of hydrogen-bond acceptors (Lipinski definition) is 5. The van der Waals surface area contributed by atoms with E-state index < -0.39 is 15.6 Å². The highest BCUT2D eigenvalue weighted by Gasteiger charge is 2.29. The summed E-state index contributed by atoms with van der Waals surface area (Å²) < 4.78 is 30.4. The van der Waals surface area contributed by atoms with Crippen molar-refractivity contribution in [3.05, 3.63) is 76.6 Å². The van der Waals surface area contributed by atoms with E-state index in [1.807, 2.05) is 13.0 Å². The monoisotopic (exact) mass is 395 g/mol. The third-order valence-electron chi connectivity index (χ3n) is 4.54. The van der Waals surface area contributed by atoms with E-state index in [4.69, 9.17) is 0 Å².